The summed E-state index contributed by atoms with van der Waals surface area (Å²) < 4.78 is 67.8. The Kier molecular flexibility index (Phi) is 64.4. The maximum Gasteiger partial charge on any atom is 0.407 e. The number of ketones is 3. The van der Waals surface area contributed by atoms with Crippen molar-refractivity contribution in [3.8, 4) is 0 Å². The van der Waals surface area contributed by atoms with Crippen molar-refractivity contribution in [2.45, 2.75) is 357 Å². The lowest BCUT2D eigenvalue weighted by molar-refractivity contribution is -0.283. The number of nitrogens with one attached hydrogen (secondary N) is 3. The second-order valence-electron chi connectivity index (χ2n) is 34.4. The van der Waals surface area contributed by atoms with Gasteiger partial charge in [-0.1, -0.05) is 100 Å². The van der Waals surface area contributed by atoms with Crippen LogP contribution < -0.4 is 16.0 Å². The molecule has 0 spiro atoms. The highest BCUT2D eigenvalue weighted by molar-refractivity contribution is 8.76. The summed E-state index contributed by atoms with van der Waals surface area (Å²) in [4.78, 5) is 129. The van der Waals surface area contributed by atoms with Crippen LogP contribution in [0.15, 0.2) is 0 Å². The molecule has 4 heterocycles. The van der Waals surface area contributed by atoms with Crippen molar-refractivity contribution in [2.24, 2.45) is 23.2 Å². The van der Waals surface area contributed by atoms with Gasteiger partial charge in [-0.15, -0.1) is 0 Å². The molecule has 38 heteroatoms. The molecule has 0 aliphatic carbocycles. The van der Waals surface area contributed by atoms with Gasteiger partial charge in [0.2, 0.25) is 17.7 Å². The lowest BCUT2D eigenvalue weighted by atomic mass is 9.71. The van der Waals surface area contributed by atoms with E-state index in [2.05, 4.69) is 16.0 Å². The summed E-state index contributed by atoms with van der Waals surface area (Å²) in [5, 5.41) is 98.4. The summed E-state index contributed by atoms with van der Waals surface area (Å²) in [6.45, 7) is 7.19. The molecule has 4 aliphatic heterocycles. The molecule has 4 saturated heterocycles. The van der Waals surface area contributed by atoms with Crippen LogP contribution in [0.2, 0.25) is 0 Å². The zero-order valence-corrected chi connectivity index (χ0v) is 78.6. The minimum absolute atomic E-state index is 0.00176. The summed E-state index contributed by atoms with van der Waals surface area (Å²) >= 11 is 0. The molecule has 0 saturated carbocycles. The Hall–Kier alpha value is -4.47. The predicted molar refractivity (Wildman–Crippen MR) is 474 cm³/mol. The average Bonchev–Trinajstić information content (AvgIpc) is 1.26. The quantitative estimate of drug-likeness (QED) is 0.00537. The molecule has 128 heavy (non-hydrogen) atoms. The molecule has 4 rings (SSSR count). The molecule has 4 fully saturated rings. The van der Waals surface area contributed by atoms with Crippen LogP contribution in [0.3, 0.4) is 0 Å². The predicted octanol–water partition coefficient (Wildman–Crippen LogP) is 7.39. The molecule has 0 bridgehead atoms. The fourth-order valence-electron chi connectivity index (χ4n) is 16.0. The second kappa shape index (κ2) is 71.1. The average molecular weight is 1870 g/mol. The number of methoxy groups -OCH3 is 2. The Morgan fingerprint density at radius 3 is 1.29 bits per heavy atom. The minimum atomic E-state index is -1.23. The molecular weight excluding hydrogens is 1710 g/mol. The van der Waals surface area contributed by atoms with E-state index in [0.717, 1.165) is 89.2 Å². The van der Waals surface area contributed by atoms with Crippen molar-refractivity contribution in [3.63, 3.8) is 0 Å². The smallest absolute Gasteiger partial charge is 0.407 e. The highest BCUT2D eigenvalue weighted by Crippen LogP contribution is 2.40. The fourth-order valence-corrected chi connectivity index (χ4v) is 17.6. The van der Waals surface area contributed by atoms with E-state index < -0.39 is 123 Å². The largest absolute Gasteiger partial charge is 0.466 e. The first-order chi connectivity index (χ1) is 61.8. The minimum Gasteiger partial charge on any atom is -0.466 e. The summed E-state index contributed by atoms with van der Waals surface area (Å²) in [6.07, 6.45) is 8.25. The van der Waals surface area contributed by atoms with Crippen LogP contribution in [0.5, 0.6) is 0 Å². The molecule has 0 aromatic rings. The zero-order chi connectivity index (χ0) is 93.5. The van der Waals surface area contributed by atoms with Gasteiger partial charge in [0.15, 0.2) is 18.9 Å². The summed E-state index contributed by atoms with van der Waals surface area (Å²) in [6, 6.07) is 0.00176. The molecule has 12 N–H and O–H groups in total. The Morgan fingerprint density at radius 1 is 0.406 bits per heavy atom. The fraction of sp³-hybridized carbons (Fsp3) is 0.900. The van der Waals surface area contributed by atoms with Gasteiger partial charge in [-0.05, 0) is 127 Å². The van der Waals surface area contributed by atoms with E-state index in [0.29, 0.717) is 161 Å². The van der Waals surface area contributed by atoms with Crippen molar-refractivity contribution in [3.05, 3.63) is 0 Å². The van der Waals surface area contributed by atoms with Gasteiger partial charge in [-0.3, -0.25) is 38.4 Å². The third-order valence-corrected chi connectivity index (χ3v) is 26.0. The van der Waals surface area contributed by atoms with Crippen molar-refractivity contribution in [1.82, 2.24) is 20.9 Å². The van der Waals surface area contributed by atoms with E-state index in [1.54, 1.807) is 45.8 Å². The Bertz CT molecular complexity index is 2770. The van der Waals surface area contributed by atoms with Gasteiger partial charge in [-0.25, -0.2) is 14.6 Å². The number of alkyl carbamates (subject to hydrolysis) is 1. The summed E-state index contributed by atoms with van der Waals surface area (Å²) in [5.41, 5.74) is -0.692. The van der Waals surface area contributed by atoms with Crippen molar-refractivity contribution >= 4 is 74.7 Å². The summed E-state index contributed by atoms with van der Waals surface area (Å²) in [7, 11) is 6.29. The number of aliphatic hydroxyl groups is 9. The molecular formula is C90H160N4O32S2. The number of carbonyl (C=O) groups is 9. The number of Topliss-reactive ketones (excluding diaryl/α,β-unsaturated/α-hetero) is 3. The molecule has 0 aromatic heterocycles. The van der Waals surface area contributed by atoms with Gasteiger partial charge in [0, 0.05) is 135 Å². The number of carbonyl (C=O) groups excluding carboxylic acids is 9. The number of hydrogen-bond donors (Lipinski definition) is 12. The summed E-state index contributed by atoms with van der Waals surface area (Å²) in [5.74, 6) is -1.30. The first-order valence-electron chi connectivity index (χ1n) is 47.2. The van der Waals surface area contributed by atoms with E-state index in [9.17, 15) is 89.1 Å². The van der Waals surface area contributed by atoms with Crippen LogP contribution in [0.1, 0.15) is 271 Å². The molecule has 15 unspecified atom stereocenters. The molecule has 744 valence electrons. The molecule has 17 atom stereocenters. The highest BCUT2D eigenvalue weighted by Gasteiger charge is 2.45. The zero-order valence-electron chi connectivity index (χ0n) is 77.0. The number of esters is 2. The van der Waals surface area contributed by atoms with Crippen LogP contribution in [0.25, 0.3) is 0 Å². The SMILES string of the molecule is COC[C@H]1C[C@H](OC)CN1C(=O)CCCCC(=O)CCCSSCOOCCOCCC(=O)CC(CCCOC(=O)CCCCCCCNC(=O)CCCOC1OC(CO)C(O)C(O)C1C)(CCCOC(=O)CCCCCCCNC(=O)CCCOC1OC(CO)C(O)C(O)C1C)CCCOC(=O)NCCCCCCCC(=O)CCCOC1OC(CO)C(O)C(O)C1C. The third kappa shape index (κ3) is 49.7. The molecule has 4 amide bonds. The highest BCUT2D eigenvalue weighted by atomic mass is 33.1. The first-order valence-corrected chi connectivity index (χ1v) is 49.7. The van der Waals surface area contributed by atoms with E-state index in [4.69, 9.17) is 66.6 Å². The van der Waals surface area contributed by atoms with Crippen LogP contribution in [-0.2, 0) is 105 Å². The van der Waals surface area contributed by atoms with Crippen molar-refractivity contribution in [2.75, 3.05) is 138 Å². The van der Waals surface area contributed by atoms with Crippen LogP contribution in [0, 0.1) is 23.2 Å². The number of likely N-dealkylation sites (tertiary alicyclic amines) is 1. The number of rotatable bonds is 78. The monoisotopic (exact) mass is 1870 g/mol. The van der Waals surface area contributed by atoms with Gasteiger partial charge < -0.3 is 124 Å². The molecule has 36 nitrogen and oxygen atoms in total. The third-order valence-electron chi connectivity index (χ3n) is 23.9. The van der Waals surface area contributed by atoms with Gasteiger partial charge in [-0.2, -0.15) is 0 Å². The maximum absolute atomic E-state index is 14.2. The lowest BCUT2D eigenvalue weighted by Crippen LogP contribution is -2.55. The van der Waals surface area contributed by atoms with Gasteiger partial charge in [0.1, 0.15) is 66.5 Å². The van der Waals surface area contributed by atoms with Gasteiger partial charge >= 0.3 is 18.0 Å². The Labute approximate surface area is 765 Å². The Morgan fingerprint density at radius 2 is 0.820 bits per heavy atom. The first kappa shape index (κ1) is 116. The van der Waals surface area contributed by atoms with Crippen molar-refractivity contribution in [1.29, 1.82) is 0 Å². The normalized spacial score (nSPS) is 24.6. The number of amides is 4. The maximum atomic E-state index is 14.2. The van der Waals surface area contributed by atoms with Crippen LogP contribution in [0.4, 0.5) is 4.79 Å². The standard InChI is InChI=1S/C90H160N4O32S2/c1-64-80(106)83(109)72(59-95)124-86(64)118-46-23-32-68(98)30-15-9-6-14-22-45-93-89(112)121-51-29-42-90(40-27-49-116-78(104)37-16-10-7-12-20-43-91-75(101)34-24-47-119-87-65(2)81(107)84(110)73(60-96)125-87,41-28-50-117-79(105)38-17-11-8-13-21-44-92-76(102)35-25-48-120-88-66(3)82(108)85(111)74(61-97)126-88)57-70(100)39-52-115-53-54-122-123-63-128-127-55-26-33-69(99)31-18-19-36-77(103)94-58-71(114-5)56-67(94)62-113-4/h64-67,71-74,80-88,95-97,106-111H,6-63H2,1-5H3,(H,91,101)(H,92,102)(H,93,112)/t64?,65?,66?,67-,71+,72?,73?,74?,80?,81?,82?,83?,84?,85?,86?,87?,88?,90?/m1/s1. The van der Waals surface area contributed by atoms with E-state index >= 15 is 0 Å². The van der Waals surface area contributed by atoms with Crippen LogP contribution in [-0.4, -0.2) is 328 Å². The number of ether oxygens (including phenoxy) is 12. The second-order valence-corrected chi connectivity index (χ2v) is 36.9. The molecule has 0 aromatic carbocycles. The van der Waals surface area contributed by atoms with E-state index in [1.807, 2.05) is 4.90 Å². The topological polar surface area (TPSA) is 504 Å². The van der Waals surface area contributed by atoms with Crippen LogP contribution >= 0.6 is 21.6 Å². The van der Waals surface area contributed by atoms with E-state index in [-0.39, 0.29) is 163 Å². The van der Waals surface area contributed by atoms with Gasteiger partial charge in [0.05, 0.1) is 110 Å². The van der Waals surface area contributed by atoms with Crippen molar-refractivity contribution < 1.29 is 156 Å². The number of hydrogen-bond acceptors (Lipinski definition) is 34. The number of unbranched alkanes of at least 4 members (excludes halogenated alkanes) is 13. The Balaban J connectivity index is 1.24. The van der Waals surface area contributed by atoms with E-state index in [1.165, 1.54) is 10.8 Å². The molecule has 0 radical (unpaired) electrons. The van der Waals surface area contributed by atoms with Gasteiger partial charge in [0.25, 0.3) is 0 Å². The number of aliphatic hydroxyl groups excluding tert-OH is 9. The lowest BCUT2D eigenvalue weighted by Gasteiger charge is -2.40. The molecule has 4 aliphatic rings. The number of nitrogens with zero attached hydrogens (tertiary/aromatic N) is 1.